The number of imide groups is 1. The molecule has 0 aromatic heterocycles. The molecule has 0 aliphatic rings. The lowest BCUT2D eigenvalue weighted by molar-refractivity contribution is -0.146. The van der Waals surface area contributed by atoms with E-state index in [0.717, 1.165) is 30.6 Å². The number of carbonyl (C=O) groups is 3. The molecule has 216 valence electrons. The highest BCUT2D eigenvalue weighted by Gasteiger charge is 2.40. The molecule has 0 unspecified atom stereocenters. The molecule has 7 heteroatoms. The third-order valence-corrected chi connectivity index (χ3v) is 5.03. The van der Waals surface area contributed by atoms with Crippen LogP contribution in [0.3, 0.4) is 0 Å². The molecule has 0 heterocycles. The molecule has 0 saturated carbocycles. The van der Waals surface area contributed by atoms with Crippen LogP contribution in [0.1, 0.15) is 106 Å². The Morgan fingerprint density at radius 3 is 1.50 bits per heavy atom. The fraction of sp³-hybridized carbons (Fsp3) is 0.645. The number of allylic oxidation sites excluding steroid dienone is 8. The molecule has 2 amide bonds. The van der Waals surface area contributed by atoms with Crippen molar-refractivity contribution in [2.24, 2.45) is 0 Å². The maximum atomic E-state index is 12.9. The van der Waals surface area contributed by atoms with Crippen LogP contribution in [-0.2, 0) is 19.0 Å². The van der Waals surface area contributed by atoms with E-state index >= 15 is 0 Å². The molecule has 0 aromatic carbocycles. The summed E-state index contributed by atoms with van der Waals surface area (Å²) in [4.78, 5) is 39.0. The summed E-state index contributed by atoms with van der Waals surface area (Å²) in [7, 11) is 1.22. The van der Waals surface area contributed by atoms with Gasteiger partial charge >= 0.3 is 18.2 Å². The van der Waals surface area contributed by atoms with Crippen LogP contribution in [0.2, 0.25) is 0 Å². The Kier molecular flexibility index (Phi) is 17.8. The number of esters is 1. The highest BCUT2D eigenvalue weighted by molar-refractivity contribution is 5.94. The summed E-state index contributed by atoms with van der Waals surface area (Å²) in [6.45, 7) is 12.3. The van der Waals surface area contributed by atoms with Gasteiger partial charge in [-0.25, -0.2) is 14.4 Å². The number of methoxy groups -OCH3 is 1. The molecule has 0 N–H and O–H groups in total. The predicted octanol–water partition coefficient (Wildman–Crippen LogP) is 8.46. The summed E-state index contributed by atoms with van der Waals surface area (Å²) >= 11 is 0. The normalized spacial score (nSPS) is 13.5. The van der Waals surface area contributed by atoms with E-state index in [9.17, 15) is 14.4 Å². The third-order valence-electron chi connectivity index (χ3n) is 5.03. The van der Waals surface area contributed by atoms with Gasteiger partial charge in [0.15, 0.2) is 0 Å². The molecule has 0 radical (unpaired) electrons. The first kappa shape index (κ1) is 35.2. The van der Waals surface area contributed by atoms with Crippen molar-refractivity contribution in [3.63, 3.8) is 0 Å². The van der Waals surface area contributed by atoms with Crippen LogP contribution in [-0.4, -0.2) is 47.4 Å². The molecule has 7 nitrogen and oxygen atoms in total. The molecule has 0 saturated heterocycles. The Hall–Kier alpha value is -2.83. The fourth-order valence-corrected chi connectivity index (χ4v) is 3.25. The largest absolute Gasteiger partial charge is 0.467 e. The van der Waals surface area contributed by atoms with Gasteiger partial charge in [0.25, 0.3) is 0 Å². The highest BCUT2D eigenvalue weighted by atomic mass is 16.6. The highest BCUT2D eigenvalue weighted by Crippen LogP contribution is 2.20. The fourth-order valence-electron chi connectivity index (χ4n) is 3.25. The molecule has 0 aliphatic carbocycles. The summed E-state index contributed by atoms with van der Waals surface area (Å²) in [5, 5.41) is 0. The van der Waals surface area contributed by atoms with Gasteiger partial charge in [-0.1, -0.05) is 68.4 Å². The van der Waals surface area contributed by atoms with Crippen LogP contribution in [0.4, 0.5) is 9.59 Å². The lowest BCUT2D eigenvalue weighted by atomic mass is 10.1. The van der Waals surface area contributed by atoms with E-state index in [-0.39, 0.29) is 6.42 Å². The summed E-state index contributed by atoms with van der Waals surface area (Å²) in [6.07, 6.45) is 23.2. The first-order chi connectivity index (χ1) is 17.8. The molecule has 0 aromatic rings. The Morgan fingerprint density at radius 1 is 0.684 bits per heavy atom. The van der Waals surface area contributed by atoms with Crippen molar-refractivity contribution in [1.29, 1.82) is 0 Å². The topological polar surface area (TPSA) is 82.1 Å². The van der Waals surface area contributed by atoms with Gasteiger partial charge in [0, 0.05) is 0 Å². The Morgan fingerprint density at radius 2 is 1.11 bits per heavy atom. The lowest BCUT2D eigenvalue weighted by Gasteiger charge is -2.32. The van der Waals surface area contributed by atoms with Gasteiger partial charge in [-0.2, -0.15) is 4.90 Å². The van der Waals surface area contributed by atoms with Gasteiger partial charge in [0.1, 0.15) is 17.2 Å². The molecule has 0 bridgehead atoms. The number of unbranched alkanes of at least 4 members (excludes halogenated alkanes) is 3. The number of rotatable bonds is 15. The van der Waals surface area contributed by atoms with Crippen LogP contribution in [0.5, 0.6) is 0 Å². The standard InChI is InChI=1S/C31H51NO6/c1-9-10-11-12-13-14-15-16-17-18-19-20-21-22-23-24-25-26(27(33)36-8)32(28(34)37-30(2,3)4)29(35)38-31(5,6)7/h13-14,16-17,19-20,22-23,26H,9-12,15,18,21,24-25H2,1-8H3/b14-13-,17-16-,20-19+,23-22-/t26-/m0/s1. The first-order valence-electron chi connectivity index (χ1n) is 13.8. The maximum Gasteiger partial charge on any atom is 0.420 e. The van der Waals surface area contributed by atoms with Crippen molar-refractivity contribution in [2.75, 3.05) is 7.11 Å². The molecule has 1 atom stereocenters. The van der Waals surface area contributed by atoms with Crippen molar-refractivity contribution >= 4 is 18.2 Å². The number of carbonyl (C=O) groups excluding carboxylic acids is 3. The molecular formula is C31H51NO6. The van der Waals surface area contributed by atoms with Crippen molar-refractivity contribution < 1.29 is 28.6 Å². The molecule has 0 aliphatic heterocycles. The maximum absolute atomic E-state index is 12.9. The smallest absolute Gasteiger partial charge is 0.420 e. The van der Waals surface area contributed by atoms with Gasteiger partial charge in [-0.05, 0) is 86.5 Å². The molecule has 0 fully saturated rings. The Labute approximate surface area is 231 Å². The summed E-state index contributed by atoms with van der Waals surface area (Å²) in [5.41, 5.74) is -1.71. The second-order valence-corrected chi connectivity index (χ2v) is 11.0. The minimum Gasteiger partial charge on any atom is -0.467 e. The van der Waals surface area contributed by atoms with E-state index < -0.39 is 35.4 Å². The number of amides is 2. The minimum atomic E-state index is -1.17. The van der Waals surface area contributed by atoms with Gasteiger partial charge in [0.2, 0.25) is 0 Å². The third kappa shape index (κ3) is 18.4. The predicted molar refractivity (Wildman–Crippen MR) is 154 cm³/mol. The van der Waals surface area contributed by atoms with E-state index in [2.05, 4.69) is 43.4 Å². The van der Waals surface area contributed by atoms with Crippen LogP contribution in [0.15, 0.2) is 48.6 Å². The van der Waals surface area contributed by atoms with E-state index in [0.29, 0.717) is 6.42 Å². The van der Waals surface area contributed by atoms with Crippen molar-refractivity contribution in [3.05, 3.63) is 48.6 Å². The van der Waals surface area contributed by atoms with E-state index in [1.165, 1.54) is 26.4 Å². The monoisotopic (exact) mass is 533 g/mol. The molecule has 0 rings (SSSR count). The van der Waals surface area contributed by atoms with Crippen LogP contribution in [0, 0.1) is 0 Å². The van der Waals surface area contributed by atoms with Crippen molar-refractivity contribution in [2.45, 2.75) is 123 Å². The van der Waals surface area contributed by atoms with E-state index in [1.807, 2.05) is 12.2 Å². The summed E-state index contributed by atoms with van der Waals surface area (Å²) in [6, 6.07) is -1.17. The SMILES string of the molecule is CCCCC/C=C\C/C=C\C/C=C/C/C=C\CC[C@@H](C(=O)OC)N(C(=O)OC(C)(C)C)C(=O)OC(C)(C)C. The van der Waals surface area contributed by atoms with Crippen LogP contribution < -0.4 is 0 Å². The quantitative estimate of drug-likeness (QED) is 0.0909. The molecule has 0 spiro atoms. The van der Waals surface area contributed by atoms with Gasteiger partial charge in [0.05, 0.1) is 7.11 Å². The van der Waals surface area contributed by atoms with Crippen molar-refractivity contribution in [1.82, 2.24) is 4.90 Å². The zero-order valence-corrected chi connectivity index (χ0v) is 25.0. The minimum absolute atomic E-state index is 0.181. The number of ether oxygens (including phenoxy) is 3. The Bertz CT molecular complexity index is 783. The number of hydrogen-bond acceptors (Lipinski definition) is 6. The van der Waals surface area contributed by atoms with E-state index in [4.69, 9.17) is 14.2 Å². The van der Waals surface area contributed by atoms with Gasteiger partial charge < -0.3 is 14.2 Å². The zero-order valence-electron chi connectivity index (χ0n) is 25.0. The number of hydrogen-bond donors (Lipinski definition) is 0. The first-order valence-corrected chi connectivity index (χ1v) is 13.8. The molecular weight excluding hydrogens is 482 g/mol. The van der Waals surface area contributed by atoms with Crippen LogP contribution >= 0.6 is 0 Å². The zero-order chi connectivity index (χ0) is 29.0. The summed E-state index contributed by atoms with van der Waals surface area (Å²) < 4.78 is 15.7. The second-order valence-electron chi connectivity index (χ2n) is 11.0. The average molecular weight is 534 g/mol. The average Bonchev–Trinajstić information content (AvgIpc) is 2.80. The van der Waals surface area contributed by atoms with Crippen LogP contribution in [0.25, 0.3) is 0 Å². The van der Waals surface area contributed by atoms with E-state index in [1.54, 1.807) is 41.5 Å². The second kappa shape index (κ2) is 19.3. The van der Waals surface area contributed by atoms with Crippen molar-refractivity contribution in [3.8, 4) is 0 Å². The van der Waals surface area contributed by atoms with Gasteiger partial charge in [-0.3, -0.25) is 0 Å². The summed E-state index contributed by atoms with van der Waals surface area (Å²) in [5.74, 6) is -0.711. The lowest BCUT2D eigenvalue weighted by Crippen LogP contribution is -2.52. The van der Waals surface area contributed by atoms with Gasteiger partial charge in [-0.15, -0.1) is 0 Å². The molecule has 38 heavy (non-hydrogen) atoms. The Balaban J connectivity index is 4.90. The number of nitrogens with zero attached hydrogens (tertiary/aromatic N) is 1.